The van der Waals surface area contributed by atoms with Gasteiger partial charge in [0.2, 0.25) is 0 Å². The van der Waals surface area contributed by atoms with Gasteiger partial charge in [-0.25, -0.2) is 8.78 Å². The second kappa shape index (κ2) is 10.1. The smallest absolute Gasteiger partial charge is 0.280 e. The van der Waals surface area contributed by atoms with E-state index in [2.05, 4.69) is 46.7 Å². The Bertz CT molecular complexity index is 1280. The quantitative estimate of drug-likeness (QED) is 0.505. The summed E-state index contributed by atoms with van der Waals surface area (Å²) in [5.74, 6) is 0. The van der Waals surface area contributed by atoms with Crippen LogP contribution < -0.4 is 10.5 Å². The number of nitriles is 1. The number of pyridine rings is 2. The third-order valence-corrected chi connectivity index (χ3v) is 7.17. The summed E-state index contributed by atoms with van der Waals surface area (Å²) in [6.07, 6.45) is 2.46. The Hall–Kier alpha value is -3.32. The van der Waals surface area contributed by atoms with Crippen molar-refractivity contribution in [3.05, 3.63) is 52.2 Å². The van der Waals surface area contributed by atoms with E-state index in [4.69, 9.17) is 5.26 Å². The molecule has 0 radical (unpaired) electrons. The summed E-state index contributed by atoms with van der Waals surface area (Å²) >= 11 is 0. The molecule has 35 heavy (non-hydrogen) atoms. The minimum absolute atomic E-state index is 0.00821. The molecule has 1 fully saturated rings. The van der Waals surface area contributed by atoms with Crippen molar-refractivity contribution in [2.75, 3.05) is 18.0 Å². The molecule has 3 atom stereocenters. The van der Waals surface area contributed by atoms with Crippen molar-refractivity contribution in [2.45, 2.75) is 64.7 Å². The Morgan fingerprint density at radius 2 is 1.94 bits per heavy atom. The highest BCUT2D eigenvalue weighted by Gasteiger charge is 2.36. The molecule has 0 bridgehead atoms. The molecule has 3 aromatic heterocycles. The largest absolute Gasteiger partial charge is 0.364 e. The Morgan fingerprint density at radius 1 is 1.20 bits per heavy atom. The predicted molar refractivity (Wildman–Crippen MR) is 130 cm³/mol. The number of piperazine rings is 1. The topological polar surface area (TPSA) is 83.0 Å². The average Bonchev–Trinajstić information content (AvgIpc) is 3.29. The molecule has 4 heterocycles. The van der Waals surface area contributed by atoms with E-state index in [1.165, 1.54) is 6.07 Å². The highest BCUT2D eigenvalue weighted by atomic mass is 19.3. The van der Waals surface area contributed by atoms with Crippen molar-refractivity contribution in [3.8, 4) is 6.07 Å². The van der Waals surface area contributed by atoms with E-state index in [9.17, 15) is 13.6 Å². The van der Waals surface area contributed by atoms with Crippen molar-refractivity contribution in [1.82, 2.24) is 24.2 Å². The van der Waals surface area contributed by atoms with Crippen LogP contribution in [-0.2, 0) is 13.6 Å². The van der Waals surface area contributed by atoms with Crippen LogP contribution in [0.25, 0.3) is 11.0 Å². The standard InChI is InChI=1S/C25H31F2N7O/c1-5-18-14-34(21-11-23(35)31(4)22-15-32(10-9-28)30-24(21)22)19(6-2)13-33(18)16(3)17-7-8-20(25(26)27)29-12-17/h7-8,11-12,15-16,18-19,25H,5-6,10,13-14H2,1-4H3/t16-,18+,19-/m0/s1. The van der Waals surface area contributed by atoms with Gasteiger partial charge < -0.3 is 9.47 Å². The lowest BCUT2D eigenvalue weighted by Gasteiger charge is -2.49. The number of fused-ring (bicyclic) bond motifs is 1. The van der Waals surface area contributed by atoms with Crippen molar-refractivity contribution < 1.29 is 8.78 Å². The summed E-state index contributed by atoms with van der Waals surface area (Å²) in [6, 6.07) is 7.21. The number of aromatic nitrogens is 4. The van der Waals surface area contributed by atoms with E-state index in [1.54, 1.807) is 40.8 Å². The second-order valence-electron chi connectivity index (χ2n) is 9.11. The third-order valence-electron chi connectivity index (χ3n) is 7.17. The monoisotopic (exact) mass is 483 g/mol. The lowest BCUT2D eigenvalue weighted by atomic mass is 9.97. The molecule has 0 N–H and O–H groups in total. The zero-order chi connectivity index (χ0) is 25.3. The fourth-order valence-corrected chi connectivity index (χ4v) is 5.05. The SMILES string of the molecule is CC[C@H]1CN([C@@H](C)c2ccc(C(F)F)nc2)[C@H](CC)CN1c1cc(=O)n(C)c2cn(CC#N)nc12. The molecule has 0 amide bonds. The van der Waals surface area contributed by atoms with Gasteiger partial charge in [-0.1, -0.05) is 19.9 Å². The van der Waals surface area contributed by atoms with Crippen LogP contribution in [0.3, 0.4) is 0 Å². The summed E-state index contributed by atoms with van der Waals surface area (Å²) in [5, 5.41) is 13.7. The van der Waals surface area contributed by atoms with Crippen LogP contribution in [0.4, 0.5) is 14.5 Å². The normalized spacial score (nSPS) is 19.9. The van der Waals surface area contributed by atoms with Gasteiger partial charge in [0.1, 0.15) is 17.8 Å². The van der Waals surface area contributed by atoms with Crippen LogP contribution >= 0.6 is 0 Å². The Balaban J connectivity index is 1.69. The highest BCUT2D eigenvalue weighted by Crippen LogP contribution is 2.34. The maximum atomic E-state index is 13.0. The van der Waals surface area contributed by atoms with Crippen LogP contribution in [0.15, 0.2) is 35.4 Å². The molecule has 10 heteroatoms. The Labute approximate surface area is 203 Å². The highest BCUT2D eigenvalue weighted by molar-refractivity contribution is 5.88. The second-order valence-corrected chi connectivity index (χ2v) is 9.11. The van der Waals surface area contributed by atoms with E-state index in [0.29, 0.717) is 17.6 Å². The lowest BCUT2D eigenvalue weighted by Crippen LogP contribution is -2.58. The average molecular weight is 484 g/mol. The molecule has 4 rings (SSSR count). The summed E-state index contributed by atoms with van der Waals surface area (Å²) in [6.45, 7) is 7.91. The molecule has 3 aromatic rings. The molecular formula is C25H31F2N7O. The number of aryl methyl sites for hydroxylation is 1. The molecule has 0 aliphatic carbocycles. The molecule has 0 unspecified atom stereocenters. The zero-order valence-electron chi connectivity index (χ0n) is 20.5. The summed E-state index contributed by atoms with van der Waals surface area (Å²) in [4.78, 5) is 21.5. The number of halogens is 2. The van der Waals surface area contributed by atoms with E-state index in [0.717, 1.165) is 30.6 Å². The van der Waals surface area contributed by atoms with Gasteiger partial charge in [0.15, 0.2) is 0 Å². The lowest BCUT2D eigenvalue weighted by molar-refractivity contribution is 0.101. The van der Waals surface area contributed by atoms with Gasteiger partial charge >= 0.3 is 0 Å². The fourth-order valence-electron chi connectivity index (χ4n) is 5.05. The van der Waals surface area contributed by atoms with Crippen LogP contribution in [0.2, 0.25) is 0 Å². The minimum atomic E-state index is -2.58. The van der Waals surface area contributed by atoms with Gasteiger partial charge in [0, 0.05) is 50.5 Å². The van der Waals surface area contributed by atoms with Crippen molar-refractivity contribution in [1.29, 1.82) is 5.26 Å². The van der Waals surface area contributed by atoms with Crippen molar-refractivity contribution in [2.24, 2.45) is 7.05 Å². The first kappa shape index (κ1) is 24.8. The van der Waals surface area contributed by atoms with E-state index >= 15 is 0 Å². The van der Waals surface area contributed by atoms with Crippen molar-refractivity contribution >= 4 is 16.7 Å². The minimum Gasteiger partial charge on any atom is -0.364 e. The first-order valence-electron chi connectivity index (χ1n) is 12.0. The molecule has 1 aliphatic rings. The number of alkyl halides is 2. The summed E-state index contributed by atoms with van der Waals surface area (Å²) in [7, 11) is 1.71. The predicted octanol–water partition coefficient (Wildman–Crippen LogP) is 4.03. The molecule has 0 saturated carbocycles. The zero-order valence-corrected chi connectivity index (χ0v) is 20.5. The van der Waals surface area contributed by atoms with Crippen LogP contribution in [0.1, 0.15) is 57.3 Å². The summed E-state index contributed by atoms with van der Waals surface area (Å²) in [5.41, 5.74) is 2.78. The van der Waals surface area contributed by atoms with Crippen molar-refractivity contribution in [3.63, 3.8) is 0 Å². The molecule has 1 saturated heterocycles. The summed E-state index contributed by atoms with van der Waals surface area (Å²) < 4.78 is 29.0. The first-order chi connectivity index (χ1) is 16.8. The Kier molecular flexibility index (Phi) is 7.17. The molecule has 0 spiro atoms. The van der Waals surface area contributed by atoms with E-state index in [-0.39, 0.29) is 35.9 Å². The first-order valence-corrected chi connectivity index (χ1v) is 12.0. The van der Waals surface area contributed by atoms with Crippen LogP contribution in [-0.4, -0.2) is 49.4 Å². The maximum absolute atomic E-state index is 13.0. The molecule has 0 aromatic carbocycles. The Morgan fingerprint density at radius 3 is 2.54 bits per heavy atom. The third kappa shape index (κ3) is 4.65. The fraction of sp³-hybridized carbons (Fsp3) is 0.520. The van der Waals surface area contributed by atoms with Gasteiger partial charge in [-0.2, -0.15) is 10.4 Å². The van der Waals surface area contributed by atoms with Gasteiger partial charge in [-0.3, -0.25) is 19.4 Å². The number of rotatable bonds is 7. The molecular weight excluding hydrogens is 452 g/mol. The number of anilines is 1. The van der Waals surface area contributed by atoms with E-state index in [1.807, 2.05) is 0 Å². The molecule has 186 valence electrons. The van der Waals surface area contributed by atoms with Crippen LogP contribution in [0.5, 0.6) is 0 Å². The van der Waals surface area contributed by atoms with E-state index < -0.39 is 6.43 Å². The van der Waals surface area contributed by atoms with Gasteiger partial charge in [0.05, 0.1) is 23.5 Å². The number of nitrogens with zero attached hydrogens (tertiary/aromatic N) is 7. The number of hydrogen-bond acceptors (Lipinski definition) is 6. The van der Waals surface area contributed by atoms with Gasteiger partial charge in [0.25, 0.3) is 12.0 Å². The maximum Gasteiger partial charge on any atom is 0.280 e. The molecule has 1 aliphatic heterocycles. The molecule has 8 nitrogen and oxygen atoms in total. The van der Waals surface area contributed by atoms with Crippen LogP contribution in [0, 0.1) is 11.3 Å². The van der Waals surface area contributed by atoms with Gasteiger partial charge in [-0.05, 0) is 31.4 Å². The number of hydrogen-bond donors (Lipinski definition) is 0. The van der Waals surface area contributed by atoms with Gasteiger partial charge in [-0.15, -0.1) is 0 Å².